The largest absolute Gasteiger partial charge is 0.391 e. The smallest absolute Gasteiger partial charge is 0.349 e. The van der Waals surface area contributed by atoms with Crippen LogP contribution in [-0.4, -0.2) is 33.9 Å². The number of hydrogen-bond donors (Lipinski definition) is 1. The van der Waals surface area contributed by atoms with Gasteiger partial charge in [-0.3, -0.25) is 9.36 Å². The molecule has 1 aliphatic carbocycles. The molecule has 1 saturated carbocycles. The molecule has 8 heteroatoms. The molecule has 1 aromatic heterocycles. The summed E-state index contributed by atoms with van der Waals surface area (Å²) in [5.74, 6) is -1.66. The molecule has 140 valence electrons. The number of carbonyl (C=O) groups excluding carboxylic acids is 1. The molecule has 2 atom stereocenters. The van der Waals surface area contributed by atoms with E-state index in [1.165, 1.54) is 11.8 Å². The molecular weight excluding hydrogens is 363 g/mol. The van der Waals surface area contributed by atoms with Crippen molar-refractivity contribution >= 4 is 17.7 Å². The lowest BCUT2D eigenvalue weighted by Crippen LogP contribution is -2.41. The number of rotatable bonds is 4. The van der Waals surface area contributed by atoms with E-state index < -0.39 is 18.1 Å². The molecule has 0 bridgehead atoms. The van der Waals surface area contributed by atoms with Crippen LogP contribution in [0.25, 0.3) is 5.69 Å². The Labute approximate surface area is 154 Å². The third kappa shape index (κ3) is 4.23. The monoisotopic (exact) mass is 383 g/mol. The minimum atomic E-state index is -4.19. The van der Waals surface area contributed by atoms with Crippen molar-refractivity contribution in [3.05, 3.63) is 42.2 Å². The molecule has 26 heavy (non-hydrogen) atoms. The fraction of sp³-hybridized carbons (Fsp3) is 0.444. The van der Waals surface area contributed by atoms with E-state index in [0.29, 0.717) is 18.4 Å². The number of benzene rings is 1. The first-order valence-corrected chi connectivity index (χ1v) is 9.66. The number of nitrogens with zero attached hydrogens (tertiary/aromatic N) is 2. The van der Waals surface area contributed by atoms with Crippen LogP contribution >= 0.6 is 11.8 Å². The molecular formula is C18H20F3N3OS. The lowest BCUT2D eigenvalue weighted by atomic mass is 9.85. The standard InChI is InChI=1S/C18H20F3N3OS/c1-26-17-22-9-10-24(17)15-7-5-12(6-8-15)16(25)23-14-4-2-3-13(11-14)18(19,20)21/h5-10,13-14H,2-4,11H2,1H3,(H,23,25). The SMILES string of the molecule is CSc1nccn1-c1ccc(C(=O)NC2CCCC(C(F)(F)F)C2)cc1. The zero-order chi connectivity index (χ0) is 18.7. The van der Waals surface area contributed by atoms with Gasteiger partial charge in [-0.15, -0.1) is 0 Å². The van der Waals surface area contributed by atoms with Crippen LogP contribution in [0.15, 0.2) is 41.8 Å². The molecule has 0 aliphatic heterocycles. The Morgan fingerprint density at radius 3 is 2.65 bits per heavy atom. The third-order valence-corrected chi connectivity index (χ3v) is 5.34. The van der Waals surface area contributed by atoms with Crippen LogP contribution < -0.4 is 5.32 Å². The number of aromatic nitrogens is 2. The van der Waals surface area contributed by atoms with Gasteiger partial charge in [0.15, 0.2) is 5.16 Å². The van der Waals surface area contributed by atoms with E-state index in [1.54, 1.807) is 30.5 Å². The number of halogens is 3. The van der Waals surface area contributed by atoms with Gasteiger partial charge in [0.2, 0.25) is 0 Å². The summed E-state index contributed by atoms with van der Waals surface area (Å²) in [4.78, 5) is 16.6. The molecule has 1 aliphatic rings. The van der Waals surface area contributed by atoms with Gasteiger partial charge in [0.25, 0.3) is 5.91 Å². The summed E-state index contributed by atoms with van der Waals surface area (Å²) in [6.07, 6.45) is 2.44. The quantitative estimate of drug-likeness (QED) is 0.794. The molecule has 1 heterocycles. The Bertz CT molecular complexity index is 758. The van der Waals surface area contributed by atoms with Crippen molar-refractivity contribution in [1.29, 1.82) is 0 Å². The minimum Gasteiger partial charge on any atom is -0.349 e. The Morgan fingerprint density at radius 1 is 1.27 bits per heavy atom. The summed E-state index contributed by atoms with van der Waals surface area (Å²) in [7, 11) is 0. The van der Waals surface area contributed by atoms with Crippen molar-refractivity contribution in [2.24, 2.45) is 5.92 Å². The highest BCUT2D eigenvalue weighted by Gasteiger charge is 2.42. The predicted octanol–water partition coefficient (Wildman–Crippen LogP) is 4.45. The number of amides is 1. The van der Waals surface area contributed by atoms with Crippen LogP contribution in [0.3, 0.4) is 0 Å². The molecule has 0 spiro atoms. The molecule has 1 aromatic carbocycles. The van der Waals surface area contributed by atoms with Gasteiger partial charge in [0, 0.05) is 29.7 Å². The van der Waals surface area contributed by atoms with Crippen LogP contribution in [0.4, 0.5) is 13.2 Å². The number of alkyl halides is 3. The van der Waals surface area contributed by atoms with Gasteiger partial charge in [0.05, 0.1) is 5.92 Å². The van der Waals surface area contributed by atoms with E-state index in [2.05, 4.69) is 10.3 Å². The van der Waals surface area contributed by atoms with Crippen molar-refractivity contribution in [2.75, 3.05) is 6.26 Å². The number of thioether (sulfide) groups is 1. The Morgan fingerprint density at radius 2 is 2.00 bits per heavy atom. The van der Waals surface area contributed by atoms with Crippen LogP contribution in [-0.2, 0) is 0 Å². The number of nitrogens with one attached hydrogen (secondary N) is 1. The molecule has 2 unspecified atom stereocenters. The highest BCUT2D eigenvalue weighted by molar-refractivity contribution is 7.98. The summed E-state index contributed by atoms with van der Waals surface area (Å²) in [5, 5.41) is 3.59. The summed E-state index contributed by atoms with van der Waals surface area (Å²) < 4.78 is 40.6. The maximum atomic E-state index is 12.9. The lowest BCUT2D eigenvalue weighted by Gasteiger charge is -2.31. The van der Waals surface area contributed by atoms with Crippen LogP contribution in [0, 0.1) is 5.92 Å². The normalized spacial score (nSPS) is 20.8. The highest BCUT2D eigenvalue weighted by atomic mass is 32.2. The summed E-state index contributed by atoms with van der Waals surface area (Å²) in [6, 6.07) is 6.53. The molecule has 3 rings (SSSR count). The predicted molar refractivity (Wildman–Crippen MR) is 94.6 cm³/mol. The van der Waals surface area contributed by atoms with Crippen molar-refractivity contribution in [3.8, 4) is 5.69 Å². The maximum Gasteiger partial charge on any atom is 0.391 e. The lowest BCUT2D eigenvalue weighted by molar-refractivity contribution is -0.183. The van der Waals surface area contributed by atoms with E-state index in [-0.39, 0.29) is 18.7 Å². The van der Waals surface area contributed by atoms with Gasteiger partial charge in [-0.1, -0.05) is 18.2 Å². The van der Waals surface area contributed by atoms with Gasteiger partial charge in [-0.25, -0.2) is 4.98 Å². The van der Waals surface area contributed by atoms with E-state index in [0.717, 1.165) is 10.8 Å². The zero-order valence-corrected chi connectivity index (χ0v) is 15.1. The second kappa shape index (κ2) is 7.73. The Hall–Kier alpha value is -1.96. The number of carbonyl (C=O) groups is 1. The third-order valence-electron chi connectivity index (χ3n) is 4.67. The van der Waals surface area contributed by atoms with Gasteiger partial charge in [-0.05, 0) is 49.8 Å². The van der Waals surface area contributed by atoms with E-state index in [1.807, 2.05) is 17.0 Å². The van der Waals surface area contributed by atoms with Gasteiger partial charge < -0.3 is 5.32 Å². The summed E-state index contributed by atoms with van der Waals surface area (Å²) in [6.45, 7) is 0. The topological polar surface area (TPSA) is 46.9 Å². The first-order chi connectivity index (χ1) is 12.4. The van der Waals surface area contributed by atoms with Gasteiger partial charge in [0.1, 0.15) is 0 Å². The average molecular weight is 383 g/mol. The molecule has 1 fully saturated rings. The zero-order valence-electron chi connectivity index (χ0n) is 14.3. The fourth-order valence-corrected chi connectivity index (χ4v) is 3.83. The van der Waals surface area contributed by atoms with Gasteiger partial charge in [-0.2, -0.15) is 13.2 Å². The van der Waals surface area contributed by atoms with Crippen molar-refractivity contribution < 1.29 is 18.0 Å². The number of hydrogen-bond acceptors (Lipinski definition) is 3. The maximum absolute atomic E-state index is 12.9. The molecule has 2 aromatic rings. The van der Waals surface area contributed by atoms with Gasteiger partial charge >= 0.3 is 6.18 Å². The number of imidazole rings is 1. The second-order valence-corrected chi connectivity index (χ2v) is 7.18. The van der Waals surface area contributed by atoms with E-state index >= 15 is 0 Å². The highest BCUT2D eigenvalue weighted by Crippen LogP contribution is 2.37. The molecule has 0 radical (unpaired) electrons. The Balaban J connectivity index is 1.65. The molecule has 0 saturated heterocycles. The molecule has 1 amide bonds. The summed E-state index contributed by atoms with van der Waals surface area (Å²) in [5.41, 5.74) is 1.31. The van der Waals surface area contributed by atoms with Crippen molar-refractivity contribution in [1.82, 2.24) is 14.9 Å². The fourth-order valence-electron chi connectivity index (χ4n) is 3.30. The van der Waals surface area contributed by atoms with Crippen LogP contribution in [0.2, 0.25) is 0 Å². The van der Waals surface area contributed by atoms with Crippen LogP contribution in [0.1, 0.15) is 36.0 Å². The first kappa shape index (κ1) is 18.8. The molecule has 1 N–H and O–H groups in total. The minimum absolute atomic E-state index is 0.0422. The van der Waals surface area contributed by atoms with Crippen molar-refractivity contribution in [2.45, 2.75) is 43.1 Å². The van der Waals surface area contributed by atoms with E-state index in [9.17, 15) is 18.0 Å². The van der Waals surface area contributed by atoms with E-state index in [4.69, 9.17) is 0 Å². The summed E-state index contributed by atoms with van der Waals surface area (Å²) >= 11 is 1.51. The second-order valence-electron chi connectivity index (χ2n) is 6.41. The average Bonchev–Trinajstić information content (AvgIpc) is 3.10. The van der Waals surface area contributed by atoms with Crippen LogP contribution in [0.5, 0.6) is 0 Å². The van der Waals surface area contributed by atoms with Crippen molar-refractivity contribution in [3.63, 3.8) is 0 Å². The Kier molecular flexibility index (Phi) is 5.60. The first-order valence-electron chi connectivity index (χ1n) is 8.44. The molecule has 4 nitrogen and oxygen atoms in total.